The van der Waals surface area contributed by atoms with Gasteiger partial charge in [0.2, 0.25) is 0 Å². The second kappa shape index (κ2) is 13.9. The first-order valence-corrected chi connectivity index (χ1v) is 11.6. The SMILES string of the molecule is CC(F)(F)C(=O)OCCC1CCCCC1.CC(F)(F)C(=O)OCCCC1CCCCC1. The lowest BCUT2D eigenvalue weighted by Crippen LogP contribution is -2.27. The van der Waals surface area contributed by atoms with Gasteiger partial charge in [-0.25, -0.2) is 9.59 Å². The largest absolute Gasteiger partial charge is 0.461 e. The number of alkyl halides is 4. The van der Waals surface area contributed by atoms with Crippen molar-refractivity contribution >= 4 is 11.9 Å². The lowest BCUT2D eigenvalue weighted by Gasteiger charge is -2.21. The van der Waals surface area contributed by atoms with Crippen LogP contribution in [0.3, 0.4) is 0 Å². The van der Waals surface area contributed by atoms with Crippen LogP contribution >= 0.6 is 0 Å². The lowest BCUT2D eigenvalue weighted by atomic mass is 9.86. The number of esters is 2. The first-order valence-electron chi connectivity index (χ1n) is 11.6. The summed E-state index contributed by atoms with van der Waals surface area (Å²) >= 11 is 0. The molecule has 0 heterocycles. The van der Waals surface area contributed by atoms with Gasteiger partial charge in [-0.1, -0.05) is 64.2 Å². The fraction of sp³-hybridized carbons (Fsp3) is 0.913. The van der Waals surface area contributed by atoms with E-state index in [9.17, 15) is 27.2 Å². The summed E-state index contributed by atoms with van der Waals surface area (Å²) in [6.07, 6.45) is 14.7. The van der Waals surface area contributed by atoms with Crippen LogP contribution in [-0.2, 0) is 19.1 Å². The van der Waals surface area contributed by atoms with Crippen molar-refractivity contribution in [3.63, 3.8) is 0 Å². The smallest absolute Gasteiger partial charge is 0.376 e. The maximum absolute atomic E-state index is 12.4. The van der Waals surface area contributed by atoms with Gasteiger partial charge < -0.3 is 9.47 Å². The molecular weight excluding hydrogens is 416 g/mol. The maximum atomic E-state index is 12.4. The summed E-state index contributed by atoms with van der Waals surface area (Å²) in [5.41, 5.74) is 0. The van der Waals surface area contributed by atoms with Gasteiger partial charge >= 0.3 is 23.8 Å². The molecule has 0 amide bonds. The molecule has 0 unspecified atom stereocenters. The van der Waals surface area contributed by atoms with E-state index in [4.69, 9.17) is 0 Å². The first-order chi connectivity index (χ1) is 14.5. The van der Waals surface area contributed by atoms with E-state index < -0.39 is 23.8 Å². The number of hydrogen-bond acceptors (Lipinski definition) is 4. The molecule has 0 saturated heterocycles. The number of carbonyl (C=O) groups excluding carboxylic acids is 2. The van der Waals surface area contributed by atoms with Gasteiger partial charge in [-0.3, -0.25) is 0 Å². The molecule has 2 saturated carbocycles. The van der Waals surface area contributed by atoms with Gasteiger partial charge in [0.25, 0.3) is 0 Å². The molecule has 4 nitrogen and oxygen atoms in total. The summed E-state index contributed by atoms with van der Waals surface area (Å²) < 4.78 is 58.7. The number of ether oxygens (including phenoxy) is 2. The molecule has 2 aliphatic rings. The third-order valence-corrected chi connectivity index (χ3v) is 5.92. The molecule has 2 rings (SSSR count). The second-order valence-corrected chi connectivity index (χ2v) is 8.99. The maximum Gasteiger partial charge on any atom is 0.376 e. The van der Waals surface area contributed by atoms with Crippen molar-refractivity contribution in [2.75, 3.05) is 13.2 Å². The van der Waals surface area contributed by atoms with Crippen LogP contribution in [0.15, 0.2) is 0 Å². The molecule has 0 bridgehead atoms. The highest BCUT2D eigenvalue weighted by Crippen LogP contribution is 2.28. The van der Waals surface area contributed by atoms with E-state index in [0.29, 0.717) is 32.1 Å². The lowest BCUT2D eigenvalue weighted by molar-refractivity contribution is -0.169. The highest BCUT2D eigenvalue weighted by Gasteiger charge is 2.34. The standard InChI is InChI=1S/C12H20F2O2.C11H18F2O2/c1-12(13,14)11(15)16-9-5-8-10-6-3-2-4-7-10;1-11(12,13)10(14)15-8-7-9-5-3-2-4-6-9/h10H,2-9H2,1H3;9H,2-8H2,1H3. The molecule has 31 heavy (non-hydrogen) atoms. The Balaban J connectivity index is 0.000000311. The predicted octanol–water partition coefficient (Wildman–Crippen LogP) is 6.70. The number of rotatable bonds is 9. The number of halogens is 4. The van der Waals surface area contributed by atoms with E-state index in [1.54, 1.807) is 0 Å². The molecule has 0 radical (unpaired) electrons. The van der Waals surface area contributed by atoms with Gasteiger partial charge in [0.1, 0.15) is 0 Å². The quantitative estimate of drug-likeness (QED) is 0.221. The Labute approximate surface area is 183 Å². The van der Waals surface area contributed by atoms with Crippen molar-refractivity contribution in [1.29, 1.82) is 0 Å². The molecule has 8 heteroatoms. The fourth-order valence-electron chi connectivity index (χ4n) is 4.06. The van der Waals surface area contributed by atoms with Gasteiger partial charge in [0.15, 0.2) is 0 Å². The molecule has 0 spiro atoms. The topological polar surface area (TPSA) is 52.6 Å². The average molecular weight is 455 g/mol. The van der Waals surface area contributed by atoms with E-state index in [1.807, 2.05) is 0 Å². The van der Waals surface area contributed by atoms with E-state index in [0.717, 1.165) is 25.7 Å². The Morgan fingerprint density at radius 3 is 1.48 bits per heavy atom. The highest BCUT2D eigenvalue weighted by molar-refractivity contribution is 5.77. The zero-order valence-electron chi connectivity index (χ0n) is 18.9. The minimum atomic E-state index is -3.36. The third kappa shape index (κ3) is 13.0. The van der Waals surface area contributed by atoms with Crippen molar-refractivity contribution in [2.45, 2.75) is 109 Å². The van der Waals surface area contributed by atoms with Gasteiger partial charge in [-0.2, -0.15) is 17.6 Å². The van der Waals surface area contributed by atoms with E-state index >= 15 is 0 Å². The number of carbonyl (C=O) groups is 2. The van der Waals surface area contributed by atoms with Crippen molar-refractivity contribution in [3.8, 4) is 0 Å². The van der Waals surface area contributed by atoms with Crippen LogP contribution in [0.1, 0.15) is 97.3 Å². The summed E-state index contributed by atoms with van der Waals surface area (Å²) in [6, 6.07) is 0. The average Bonchev–Trinajstić information content (AvgIpc) is 2.71. The van der Waals surface area contributed by atoms with E-state index in [-0.39, 0.29) is 13.2 Å². The molecule has 2 fully saturated rings. The second-order valence-electron chi connectivity index (χ2n) is 8.99. The minimum absolute atomic E-state index is 0.124. The Bertz CT molecular complexity index is 517. The predicted molar refractivity (Wildman–Crippen MR) is 110 cm³/mol. The van der Waals surface area contributed by atoms with E-state index in [1.165, 1.54) is 51.4 Å². The van der Waals surface area contributed by atoms with Crippen molar-refractivity contribution in [2.24, 2.45) is 11.8 Å². The van der Waals surface area contributed by atoms with Crippen LogP contribution in [0.4, 0.5) is 17.6 Å². The van der Waals surface area contributed by atoms with Crippen molar-refractivity contribution in [1.82, 2.24) is 0 Å². The van der Waals surface area contributed by atoms with Crippen LogP contribution in [-0.4, -0.2) is 37.0 Å². The van der Waals surface area contributed by atoms with Crippen molar-refractivity contribution < 1.29 is 36.6 Å². The summed E-state index contributed by atoms with van der Waals surface area (Å²) in [6.45, 7) is 1.39. The van der Waals surface area contributed by atoms with Gasteiger partial charge in [-0.05, 0) is 31.1 Å². The van der Waals surface area contributed by atoms with E-state index in [2.05, 4.69) is 9.47 Å². The van der Waals surface area contributed by atoms with Gasteiger partial charge in [0, 0.05) is 13.8 Å². The van der Waals surface area contributed by atoms with Crippen LogP contribution in [0, 0.1) is 11.8 Å². The summed E-state index contributed by atoms with van der Waals surface area (Å²) in [5, 5.41) is 0. The zero-order chi connectivity index (χ0) is 23.3. The summed E-state index contributed by atoms with van der Waals surface area (Å²) in [4.78, 5) is 21.5. The number of hydrogen-bond donors (Lipinski definition) is 0. The minimum Gasteiger partial charge on any atom is -0.461 e. The molecule has 0 N–H and O–H groups in total. The Morgan fingerprint density at radius 1 is 0.677 bits per heavy atom. The van der Waals surface area contributed by atoms with Crippen LogP contribution in [0.25, 0.3) is 0 Å². The highest BCUT2D eigenvalue weighted by atomic mass is 19.3. The molecule has 182 valence electrons. The molecule has 0 atom stereocenters. The monoisotopic (exact) mass is 454 g/mol. The normalized spacial score (nSPS) is 18.6. The third-order valence-electron chi connectivity index (χ3n) is 5.92. The van der Waals surface area contributed by atoms with Gasteiger partial charge in [0.05, 0.1) is 13.2 Å². The first kappa shape index (κ1) is 27.7. The molecule has 0 aromatic heterocycles. The van der Waals surface area contributed by atoms with Gasteiger partial charge in [-0.15, -0.1) is 0 Å². The zero-order valence-corrected chi connectivity index (χ0v) is 18.9. The Kier molecular flexibility index (Phi) is 12.5. The Morgan fingerprint density at radius 2 is 1.06 bits per heavy atom. The van der Waals surface area contributed by atoms with Crippen molar-refractivity contribution in [3.05, 3.63) is 0 Å². The molecule has 0 aliphatic heterocycles. The fourth-order valence-corrected chi connectivity index (χ4v) is 4.06. The molecule has 2 aliphatic carbocycles. The summed E-state index contributed by atoms with van der Waals surface area (Å²) in [7, 11) is 0. The molecule has 0 aromatic carbocycles. The summed E-state index contributed by atoms with van der Waals surface area (Å²) in [5.74, 6) is -8.27. The molecular formula is C23H38F4O4. The van der Waals surface area contributed by atoms with Crippen LogP contribution in [0.2, 0.25) is 0 Å². The molecule has 0 aromatic rings. The van der Waals surface area contributed by atoms with Crippen LogP contribution in [0.5, 0.6) is 0 Å². The Hall–Kier alpha value is -1.34. The van der Waals surface area contributed by atoms with Crippen LogP contribution < -0.4 is 0 Å².